The van der Waals surface area contributed by atoms with Gasteiger partial charge in [0.1, 0.15) is 11.6 Å². The lowest BCUT2D eigenvalue weighted by Crippen LogP contribution is -2.25. The third kappa shape index (κ3) is 3.10. The van der Waals surface area contributed by atoms with Gasteiger partial charge in [-0.15, -0.1) is 11.6 Å². The number of hydrogen-bond acceptors (Lipinski definition) is 2. The van der Waals surface area contributed by atoms with Crippen LogP contribution in [-0.4, -0.2) is 34.1 Å². The zero-order chi connectivity index (χ0) is 15.1. The van der Waals surface area contributed by atoms with Gasteiger partial charge in [-0.05, 0) is 48.8 Å². The first-order chi connectivity index (χ1) is 9.97. The highest BCUT2D eigenvalue weighted by atomic mass is 79.9. The van der Waals surface area contributed by atoms with Crippen molar-refractivity contribution in [3.05, 3.63) is 28.2 Å². The molecule has 3 nitrogen and oxygen atoms in total. The van der Waals surface area contributed by atoms with Crippen molar-refractivity contribution in [1.29, 1.82) is 0 Å². The van der Waals surface area contributed by atoms with Crippen LogP contribution in [0.4, 0.5) is 4.39 Å². The molecule has 0 spiro atoms. The molecule has 0 saturated heterocycles. The number of alkyl halides is 1. The lowest BCUT2D eigenvalue weighted by molar-refractivity contribution is 0.309. The summed E-state index contributed by atoms with van der Waals surface area (Å²) in [5.74, 6) is 0.504. The molecule has 2 aromatic rings. The highest BCUT2D eigenvalue weighted by Gasteiger charge is 2.26. The predicted octanol–water partition coefficient (Wildman–Crippen LogP) is 4.33. The van der Waals surface area contributed by atoms with Gasteiger partial charge in [-0.2, -0.15) is 0 Å². The van der Waals surface area contributed by atoms with Crippen LogP contribution in [0.5, 0.6) is 0 Å². The zero-order valence-corrected chi connectivity index (χ0v) is 14.5. The average Bonchev–Trinajstić information content (AvgIpc) is 3.21. The van der Waals surface area contributed by atoms with Crippen LogP contribution >= 0.6 is 27.5 Å². The van der Waals surface area contributed by atoms with Crippen molar-refractivity contribution in [3.8, 4) is 0 Å². The molecule has 1 unspecified atom stereocenters. The van der Waals surface area contributed by atoms with Crippen LogP contribution in [0.2, 0.25) is 0 Å². The number of halogens is 3. The average molecular weight is 375 g/mol. The largest absolute Gasteiger partial charge is 0.325 e. The first-order valence-electron chi connectivity index (χ1n) is 7.17. The van der Waals surface area contributed by atoms with E-state index in [1.54, 1.807) is 6.07 Å². The van der Waals surface area contributed by atoms with E-state index in [4.69, 9.17) is 11.6 Å². The number of hydrogen-bond donors (Lipinski definition) is 0. The van der Waals surface area contributed by atoms with E-state index in [1.165, 1.54) is 18.9 Å². The van der Waals surface area contributed by atoms with Crippen LogP contribution in [0, 0.1) is 5.82 Å². The van der Waals surface area contributed by atoms with E-state index in [0.717, 1.165) is 30.5 Å². The lowest BCUT2D eigenvalue weighted by atomic mass is 10.3. The van der Waals surface area contributed by atoms with E-state index in [2.05, 4.69) is 37.4 Å². The van der Waals surface area contributed by atoms with Gasteiger partial charge < -0.3 is 9.47 Å². The number of likely N-dealkylation sites (N-methyl/N-ethyl adjacent to an activating group) is 1. The van der Waals surface area contributed by atoms with Gasteiger partial charge in [0.05, 0.1) is 20.9 Å². The fraction of sp³-hybridized carbons (Fsp3) is 0.533. The van der Waals surface area contributed by atoms with Gasteiger partial charge in [-0.1, -0.05) is 0 Å². The standard InChI is InChI=1S/C15H18BrClFN3/c1-9(17)15-19-13-8-12(18)11(16)7-14(13)21(15)6-5-20(2)10-3-4-10/h7-10H,3-6H2,1-2H3. The molecule has 6 heteroatoms. The molecule has 1 fully saturated rings. The maximum Gasteiger partial charge on any atom is 0.139 e. The van der Waals surface area contributed by atoms with E-state index < -0.39 is 0 Å². The Hall–Kier alpha value is -0.650. The molecule has 0 N–H and O–H groups in total. The number of aromatic nitrogens is 2. The first kappa shape index (κ1) is 15.3. The van der Waals surface area contributed by atoms with Crippen molar-refractivity contribution < 1.29 is 4.39 Å². The third-order valence-corrected chi connectivity index (χ3v) is 4.83. The van der Waals surface area contributed by atoms with Crippen molar-refractivity contribution in [3.63, 3.8) is 0 Å². The van der Waals surface area contributed by atoms with Crippen LogP contribution in [0.1, 0.15) is 31.0 Å². The summed E-state index contributed by atoms with van der Waals surface area (Å²) < 4.78 is 16.2. The Morgan fingerprint density at radius 3 is 2.86 bits per heavy atom. The van der Waals surface area contributed by atoms with Crippen molar-refractivity contribution in [2.75, 3.05) is 13.6 Å². The summed E-state index contributed by atoms with van der Waals surface area (Å²) in [6, 6.07) is 3.97. The molecule has 1 aliphatic rings. The van der Waals surface area contributed by atoms with E-state index in [0.29, 0.717) is 9.99 Å². The topological polar surface area (TPSA) is 21.1 Å². The minimum Gasteiger partial charge on any atom is -0.325 e. The summed E-state index contributed by atoms with van der Waals surface area (Å²) in [6.07, 6.45) is 2.58. The maximum atomic E-state index is 13.7. The Balaban J connectivity index is 1.96. The number of imidazole rings is 1. The highest BCUT2D eigenvalue weighted by Crippen LogP contribution is 2.29. The molecule has 1 aromatic carbocycles. The fourth-order valence-corrected chi connectivity index (χ4v) is 3.13. The Labute approximate surface area is 137 Å². The van der Waals surface area contributed by atoms with Gasteiger partial charge in [0.2, 0.25) is 0 Å². The summed E-state index contributed by atoms with van der Waals surface area (Å²) in [7, 11) is 2.15. The quantitative estimate of drug-likeness (QED) is 0.726. The van der Waals surface area contributed by atoms with Gasteiger partial charge in [-0.3, -0.25) is 0 Å². The smallest absolute Gasteiger partial charge is 0.139 e. The first-order valence-corrected chi connectivity index (χ1v) is 8.40. The van der Waals surface area contributed by atoms with Crippen LogP contribution in [0.15, 0.2) is 16.6 Å². The van der Waals surface area contributed by atoms with Crippen molar-refractivity contribution in [2.45, 2.75) is 37.7 Å². The van der Waals surface area contributed by atoms with E-state index in [9.17, 15) is 4.39 Å². The van der Waals surface area contributed by atoms with Crippen molar-refractivity contribution in [1.82, 2.24) is 14.5 Å². The Morgan fingerprint density at radius 2 is 2.24 bits per heavy atom. The van der Waals surface area contributed by atoms with E-state index in [-0.39, 0.29) is 11.2 Å². The molecule has 3 rings (SSSR count). The summed E-state index contributed by atoms with van der Waals surface area (Å²) in [4.78, 5) is 6.87. The third-order valence-electron chi connectivity index (χ3n) is 4.02. The molecule has 1 saturated carbocycles. The maximum absolute atomic E-state index is 13.7. The summed E-state index contributed by atoms with van der Waals surface area (Å²) in [5.41, 5.74) is 1.59. The van der Waals surface area contributed by atoms with Crippen LogP contribution in [-0.2, 0) is 6.54 Å². The van der Waals surface area contributed by atoms with Crippen LogP contribution in [0.25, 0.3) is 11.0 Å². The molecular formula is C15H18BrClFN3. The van der Waals surface area contributed by atoms with Gasteiger partial charge >= 0.3 is 0 Å². The second-order valence-electron chi connectivity index (χ2n) is 5.70. The van der Waals surface area contributed by atoms with Gasteiger partial charge in [0.15, 0.2) is 0 Å². The minimum absolute atomic E-state index is 0.203. The van der Waals surface area contributed by atoms with Crippen LogP contribution in [0.3, 0.4) is 0 Å². The number of rotatable bonds is 5. The number of nitrogens with zero attached hydrogens (tertiary/aromatic N) is 3. The fourth-order valence-electron chi connectivity index (χ4n) is 2.63. The molecule has 21 heavy (non-hydrogen) atoms. The van der Waals surface area contributed by atoms with E-state index >= 15 is 0 Å². The number of benzene rings is 1. The summed E-state index contributed by atoms with van der Waals surface area (Å²) in [5, 5.41) is -0.203. The second-order valence-corrected chi connectivity index (χ2v) is 7.21. The Morgan fingerprint density at radius 1 is 1.52 bits per heavy atom. The molecule has 1 aliphatic carbocycles. The lowest BCUT2D eigenvalue weighted by Gasteiger charge is -2.18. The molecule has 114 valence electrons. The molecule has 0 aliphatic heterocycles. The van der Waals surface area contributed by atoms with Crippen LogP contribution < -0.4 is 0 Å². The molecule has 1 heterocycles. The second kappa shape index (κ2) is 5.86. The molecule has 0 amide bonds. The van der Waals surface area contributed by atoms with Gasteiger partial charge in [-0.25, -0.2) is 9.37 Å². The van der Waals surface area contributed by atoms with Gasteiger partial charge in [0, 0.05) is 25.2 Å². The van der Waals surface area contributed by atoms with Crippen molar-refractivity contribution >= 4 is 38.6 Å². The Kier molecular flexibility index (Phi) is 4.26. The molecule has 1 atom stereocenters. The molecule has 0 radical (unpaired) electrons. The predicted molar refractivity (Wildman–Crippen MR) is 87.3 cm³/mol. The molecule has 0 bridgehead atoms. The minimum atomic E-state index is -0.295. The zero-order valence-electron chi connectivity index (χ0n) is 12.1. The summed E-state index contributed by atoms with van der Waals surface area (Å²) in [6.45, 7) is 3.66. The molecule has 1 aromatic heterocycles. The normalized spacial score (nSPS) is 16.9. The van der Waals surface area contributed by atoms with Gasteiger partial charge in [0.25, 0.3) is 0 Å². The molecular weight excluding hydrogens is 357 g/mol. The van der Waals surface area contributed by atoms with E-state index in [1.807, 2.05) is 6.92 Å². The Bertz CT molecular complexity index is 666. The number of fused-ring (bicyclic) bond motifs is 1. The highest BCUT2D eigenvalue weighted by molar-refractivity contribution is 9.10. The summed E-state index contributed by atoms with van der Waals surface area (Å²) >= 11 is 9.50. The SMILES string of the molecule is CC(Cl)c1nc2cc(F)c(Br)cc2n1CCN(C)C1CC1. The van der Waals surface area contributed by atoms with Crippen molar-refractivity contribution in [2.24, 2.45) is 0 Å². The monoisotopic (exact) mass is 373 g/mol.